The second-order valence-corrected chi connectivity index (χ2v) is 6.49. The molecule has 9 heteroatoms. The number of Topliss-reactive ketones (excluding diaryl/α,β-unsaturated/α-hetero) is 1. The molecule has 7 nitrogen and oxygen atoms in total. The number of anilines is 1. The van der Waals surface area contributed by atoms with Crippen LogP contribution in [-0.2, 0) is 4.74 Å². The normalized spacial score (nSPS) is 15.2. The van der Waals surface area contributed by atoms with E-state index >= 15 is 0 Å². The van der Waals surface area contributed by atoms with Crippen LogP contribution in [0, 0.1) is 0 Å². The van der Waals surface area contributed by atoms with Crippen LogP contribution in [0.1, 0.15) is 29.6 Å². The number of carbonyl (C=O) groups is 1. The fourth-order valence-electron chi connectivity index (χ4n) is 2.24. The molecule has 0 saturated heterocycles. The molecule has 0 amide bonds. The van der Waals surface area contributed by atoms with Crippen molar-refractivity contribution in [2.24, 2.45) is 0 Å². The zero-order valence-corrected chi connectivity index (χ0v) is 15.1. The Morgan fingerprint density at radius 1 is 1.50 bits per heavy atom. The minimum atomic E-state index is -3.10. The Bertz CT molecular complexity index is 712. The van der Waals surface area contributed by atoms with Gasteiger partial charge in [0, 0.05) is 10.7 Å². The summed E-state index contributed by atoms with van der Waals surface area (Å²) in [5.74, 6) is -3.22. The Balaban J connectivity index is 2.35. The van der Waals surface area contributed by atoms with E-state index in [0.717, 1.165) is 17.3 Å². The maximum absolute atomic E-state index is 12.2. The lowest BCUT2D eigenvalue weighted by Crippen LogP contribution is -2.30. The molecule has 0 bridgehead atoms. The van der Waals surface area contributed by atoms with E-state index in [9.17, 15) is 4.79 Å². The van der Waals surface area contributed by atoms with Gasteiger partial charge in [0.2, 0.25) is 0 Å². The Morgan fingerprint density at radius 3 is 2.83 bits per heavy atom. The number of allylic oxidation sites excluding steroid dienone is 2. The van der Waals surface area contributed by atoms with Gasteiger partial charge < -0.3 is 25.4 Å². The minimum Gasteiger partial charge on any atom is -0.494 e. The highest BCUT2D eigenvalue weighted by molar-refractivity contribution is 9.11. The van der Waals surface area contributed by atoms with Crippen molar-refractivity contribution in [2.45, 2.75) is 25.2 Å². The fraction of sp³-hybridized carbons (Fsp3) is 0.333. The molecule has 130 valence electrons. The summed E-state index contributed by atoms with van der Waals surface area (Å²) in [7, 11) is 1.53. The smallest absolute Gasteiger partial charge is 0.282 e. The van der Waals surface area contributed by atoms with E-state index in [0.29, 0.717) is 17.1 Å². The van der Waals surface area contributed by atoms with Crippen molar-refractivity contribution in [3.8, 4) is 0 Å². The first kappa shape index (κ1) is 18.9. The molecular weight excluding hydrogens is 404 g/mol. The molecule has 0 saturated carbocycles. The molecule has 0 atom stereocenters. The van der Waals surface area contributed by atoms with Crippen LogP contribution in [0.25, 0.3) is 0 Å². The number of methoxy groups -OCH3 is 1. The molecule has 1 aliphatic carbocycles. The lowest BCUT2D eigenvalue weighted by molar-refractivity contribution is -0.306. The van der Waals surface area contributed by atoms with E-state index in [1.807, 2.05) is 6.08 Å². The van der Waals surface area contributed by atoms with Crippen LogP contribution in [-0.4, -0.2) is 39.2 Å². The SMILES string of the molecule is COC1=C(Br)CCC=C1Nc1cc(Cl)ncc1C(=O)CC(O)(O)O. The second-order valence-electron chi connectivity index (χ2n) is 5.15. The van der Waals surface area contributed by atoms with Crippen LogP contribution in [0.4, 0.5) is 5.69 Å². The number of carbonyl (C=O) groups excluding carboxylic acids is 1. The van der Waals surface area contributed by atoms with Crippen LogP contribution >= 0.6 is 27.5 Å². The number of rotatable bonds is 6. The van der Waals surface area contributed by atoms with E-state index in [1.54, 1.807) is 0 Å². The van der Waals surface area contributed by atoms with Gasteiger partial charge in [-0.05, 0) is 18.9 Å². The topological polar surface area (TPSA) is 112 Å². The van der Waals surface area contributed by atoms with Crippen LogP contribution < -0.4 is 5.32 Å². The third-order valence-electron chi connectivity index (χ3n) is 3.25. The first-order valence-corrected chi connectivity index (χ1v) is 8.14. The van der Waals surface area contributed by atoms with Gasteiger partial charge in [0.1, 0.15) is 5.15 Å². The average Bonchev–Trinajstić information content (AvgIpc) is 2.45. The summed E-state index contributed by atoms with van der Waals surface area (Å²) < 4.78 is 6.23. The Morgan fingerprint density at radius 2 is 2.21 bits per heavy atom. The van der Waals surface area contributed by atoms with Gasteiger partial charge in [-0.15, -0.1) is 0 Å². The van der Waals surface area contributed by atoms with E-state index < -0.39 is 18.2 Å². The van der Waals surface area contributed by atoms with E-state index in [-0.39, 0.29) is 10.7 Å². The zero-order valence-electron chi connectivity index (χ0n) is 12.7. The maximum atomic E-state index is 12.2. The van der Waals surface area contributed by atoms with Gasteiger partial charge in [-0.1, -0.05) is 33.6 Å². The van der Waals surface area contributed by atoms with Crippen LogP contribution in [0.5, 0.6) is 0 Å². The van der Waals surface area contributed by atoms with Gasteiger partial charge in [-0.25, -0.2) is 4.98 Å². The highest BCUT2D eigenvalue weighted by Gasteiger charge is 2.26. The largest absolute Gasteiger partial charge is 0.494 e. The van der Waals surface area contributed by atoms with Crippen molar-refractivity contribution in [3.63, 3.8) is 0 Å². The monoisotopic (exact) mass is 418 g/mol. The number of ketones is 1. The molecule has 4 N–H and O–H groups in total. The molecule has 0 radical (unpaired) electrons. The first-order valence-electron chi connectivity index (χ1n) is 6.97. The van der Waals surface area contributed by atoms with Gasteiger partial charge in [-0.3, -0.25) is 4.79 Å². The average molecular weight is 420 g/mol. The predicted molar refractivity (Wildman–Crippen MR) is 91.5 cm³/mol. The van der Waals surface area contributed by atoms with Gasteiger partial charge in [-0.2, -0.15) is 0 Å². The third-order valence-corrected chi connectivity index (χ3v) is 4.21. The standard InChI is InChI=1S/C15H16BrClN2O5/c1-24-14-9(16)3-2-4-10(14)19-11-5-13(17)18-7-8(11)12(20)6-15(21,22)23/h4-5,7,21-23H,2-3,6H2,1H3,(H,18,19). The van der Waals surface area contributed by atoms with Crippen molar-refractivity contribution >= 4 is 39.0 Å². The van der Waals surface area contributed by atoms with Crippen molar-refractivity contribution < 1.29 is 24.9 Å². The molecule has 0 fully saturated rings. The second kappa shape index (κ2) is 7.62. The molecular formula is C15H16BrClN2O5. The molecule has 2 rings (SSSR count). The maximum Gasteiger partial charge on any atom is 0.282 e. The molecule has 24 heavy (non-hydrogen) atoms. The number of hydrogen-bond acceptors (Lipinski definition) is 7. The number of halogens is 2. The highest BCUT2D eigenvalue weighted by atomic mass is 79.9. The van der Waals surface area contributed by atoms with Crippen molar-refractivity contribution in [3.05, 3.63) is 45.0 Å². The Hall–Kier alpha value is -1.45. The first-order chi connectivity index (χ1) is 11.2. The summed E-state index contributed by atoms with van der Waals surface area (Å²) in [5.41, 5.74) is 1.00. The van der Waals surface area contributed by atoms with E-state index in [4.69, 9.17) is 31.7 Å². The summed E-state index contributed by atoms with van der Waals surface area (Å²) in [5, 5.41) is 30.2. The number of nitrogens with zero attached hydrogens (tertiary/aromatic N) is 1. The van der Waals surface area contributed by atoms with E-state index in [2.05, 4.69) is 26.2 Å². The number of pyridine rings is 1. The molecule has 1 heterocycles. The summed E-state index contributed by atoms with van der Waals surface area (Å²) >= 11 is 9.33. The molecule has 0 unspecified atom stereocenters. The lowest BCUT2D eigenvalue weighted by atomic mass is 10.1. The van der Waals surface area contributed by atoms with E-state index in [1.165, 1.54) is 19.4 Å². The van der Waals surface area contributed by atoms with Gasteiger partial charge >= 0.3 is 0 Å². The molecule has 1 aromatic rings. The van der Waals surface area contributed by atoms with Gasteiger partial charge in [0.05, 0.1) is 30.5 Å². The van der Waals surface area contributed by atoms with Crippen molar-refractivity contribution in [1.29, 1.82) is 0 Å². The van der Waals surface area contributed by atoms with Crippen LogP contribution in [0.3, 0.4) is 0 Å². The fourth-order valence-corrected chi connectivity index (χ4v) is 3.00. The molecule has 0 aliphatic heterocycles. The lowest BCUT2D eigenvalue weighted by Gasteiger charge is -2.21. The summed E-state index contributed by atoms with van der Waals surface area (Å²) in [4.78, 5) is 16.0. The summed E-state index contributed by atoms with van der Waals surface area (Å²) in [6.07, 6.45) is 3.76. The van der Waals surface area contributed by atoms with Gasteiger partial charge in [0.15, 0.2) is 11.5 Å². The number of aromatic nitrogens is 1. The number of hydrogen-bond donors (Lipinski definition) is 4. The molecule has 1 aromatic heterocycles. The zero-order chi connectivity index (χ0) is 17.9. The van der Waals surface area contributed by atoms with Crippen LogP contribution in [0.2, 0.25) is 5.15 Å². The van der Waals surface area contributed by atoms with Crippen LogP contribution in [0.15, 0.2) is 34.3 Å². The molecule has 1 aliphatic rings. The quantitative estimate of drug-likeness (QED) is 0.318. The summed E-state index contributed by atoms with van der Waals surface area (Å²) in [6.45, 7) is 0. The van der Waals surface area contributed by atoms with Crippen molar-refractivity contribution in [1.82, 2.24) is 4.98 Å². The third kappa shape index (κ3) is 4.78. The molecule has 0 aromatic carbocycles. The van der Waals surface area contributed by atoms with Crippen molar-refractivity contribution in [2.75, 3.05) is 12.4 Å². The number of nitrogens with one attached hydrogen (secondary N) is 1. The Labute approximate surface area is 151 Å². The minimum absolute atomic E-state index is 0.0546. The van der Waals surface area contributed by atoms with Gasteiger partial charge in [0.25, 0.3) is 5.97 Å². The predicted octanol–water partition coefficient (Wildman–Crippen LogP) is 2.28. The highest BCUT2D eigenvalue weighted by Crippen LogP contribution is 2.32. The number of ether oxygens (including phenoxy) is 1. The number of aliphatic hydroxyl groups is 3. The molecule has 0 spiro atoms. The Kier molecular flexibility index (Phi) is 6.00. The summed E-state index contributed by atoms with van der Waals surface area (Å²) in [6, 6.07) is 1.43.